The van der Waals surface area contributed by atoms with Crippen LogP contribution in [-0.2, 0) is 9.59 Å². The summed E-state index contributed by atoms with van der Waals surface area (Å²) in [6.45, 7) is 13.7. The zero-order valence-electron chi connectivity index (χ0n) is 21.4. The Morgan fingerprint density at radius 3 is 2.19 bits per heavy atom. The minimum atomic E-state index is -0.746. The lowest BCUT2D eigenvalue weighted by Gasteiger charge is -2.28. The van der Waals surface area contributed by atoms with Crippen LogP contribution in [0.1, 0.15) is 44.4 Å². The van der Waals surface area contributed by atoms with Crippen molar-refractivity contribution in [3.63, 3.8) is 0 Å². The summed E-state index contributed by atoms with van der Waals surface area (Å²) >= 11 is 0. The summed E-state index contributed by atoms with van der Waals surface area (Å²) < 4.78 is 11.2. The summed E-state index contributed by atoms with van der Waals surface area (Å²) in [4.78, 5) is 29.2. The molecule has 0 aliphatic carbocycles. The number of ketones is 1. The van der Waals surface area contributed by atoms with Crippen LogP contribution in [0.5, 0.6) is 11.5 Å². The summed E-state index contributed by atoms with van der Waals surface area (Å²) in [6.07, 6.45) is 2.52. The van der Waals surface area contributed by atoms with E-state index < -0.39 is 23.5 Å². The molecule has 1 N–H and O–H groups in total. The van der Waals surface area contributed by atoms with Gasteiger partial charge in [0.15, 0.2) is 0 Å². The van der Waals surface area contributed by atoms with Gasteiger partial charge >= 0.3 is 0 Å². The van der Waals surface area contributed by atoms with E-state index in [0.717, 1.165) is 19.5 Å². The van der Waals surface area contributed by atoms with E-state index in [1.807, 2.05) is 31.2 Å². The molecule has 7 heteroatoms. The predicted molar refractivity (Wildman–Crippen MR) is 138 cm³/mol. The van der Waals surface area contributed by atoms with Crippen LogP contribution in [0.4, 0.5) is 0 Å². The number of likely N-dealkylation sites (N-methyl/N-ethyl adjacent to an activating group) is 1. The molecule has 0 saturated carbocycles. The number of likely N-dealkylation sites (tertiary alicyclic amines) is 1. The monoisotopic (exact) mass is 492 g/mol. The molecule has 192 valence electrons. The Kier molecular flexibility index (Phi) is 9.70. The Bertz CT molecular complexity index is 1070. The van der Waals surface area contributed by atoms with Gasteiger partial charge in [-0.1, -0.05) is 49.6 Å². The SMILES string of the molecule is C=CCOc1ccc(C([O-])=C2C(=O)C(=O)N(CC[NH+](CC)CC)C2c2ccc(OCCC)cc2)cc1. The Balaban J connectivity index is 2.01. The molecule has 1 fully saturated rings. The standard InChI is InChI=1S/C29H36N2O5/c1-5-19-35-23-13-9-21(10-14-23)26-25(27(32)22-11-15-24(16-12-22)36-20-6-2)28(33)29(34)31(26)18-17-30(7-3)8-4/h6,9-16,26,32H,2,5,7-8,17-20H2,1,3-4H3. The molecule has 1 atom stereocenters. The van der Waals surface area contributed by atoms with Crippen LogP contribution in [0, 0.1) is 0 Å². The first-order valence-electron chi connectivity index (χ1n) is 12.6. The first-order chi connectivity index (χ1) is 17.4. The third-order valence-electron chi connectivity index (χ3n) is 6.39. The lowest BCUT2D eigenvalue weighted by Crippen LogP contribution is -3.12. The van der Waals surface area contributed by atoms with Crippen LogP contribution in [0.3, 0.4) is 0 Å². The molecule has 0 aromatic heterocycles. The largest absolute Gasteiger partial charge is 0.872 e. The smallest absolute Gasteiger partial charge is 0.295 e. The van der Waals surface area contributed by atoms with E-state index in [9.17, 15) is 14.7 Å². The fourth-order valence-electron chi connectivity index (χ4n) is 4.31. The van der Waals surface area contributed by atoms with Gasteiger partial charge in [-0.05, 0) is 55.7 Å². The zero-order chi connectivity index (χ0) is 26.1. The fraction of sp³-hybridized carbons (Fsp3) is 0.379. The van der Waals surface area contributed by atoms with Gasteiger partial charge in [0.1, 0.15) is 18.1 Å². The van der Waals surface area contributed by atoms with Crippen LogP contribution >= 0.6 is 0 Å². The average molecular weight is 493 g/mol. The Morgan fingerprint density at radius 2 is 1.61 bits per heavy atom. The van der Waals surface area contributed by atoms with Crippen molar-refractivity contribution in [3.05, 3.63) is 77.9 Å². The molecule has 36 heavy (non-hydrogen) atoms. The molecule has 1 saturated heterocycles. The minimum absolute atomic E-state index is 0.0171. The van der Waals surface area contributed by atoms with E-state index in [1.54, 1.807) is 35.2 Å². The van der Waals surface area contributed by atoms with E-state index in [1.165, 1.54) is 4.90 Å². The number of carbonyl (C=O) groups excluding carboxylic acids is 2. The van der Waals surface area contributed by atoms with Gasteiger partial charge in [0.2, 0.25) is 5.78 Å². The van der Waals surface area contributed by atoms with Crippen LogP contribution in [0.25, 0.3) is 5.76 Å². The van der Waals surface area contributed by atoms with E-state index in [0.29, 0.717) is 48.9 Å². The highest BCUT2D eigenvalue weighted by Crippen LogP contribution is 2.39. The maximum atomic E-state index is 13.6. The topological polar surface area (TPSA) is 83.3 Å². The average Bonchev–Trinajstić information content (AvgIpc) is 3.16. The molecule has 1 aliphatic rings. The first kappa shape index (κ1) is 27.0. The van der Waals surface area contributed by atoms with Crippen LogP contribution in [-0.4, -0.2) is 56.0 Å². The zero-order valence-corrected chi connectivity index (χ0v) is 21.4. The predicted octanol–water partition coefficient (Wildman–Crippen LogP) is 2.19. The summed E-state index contributed by atoms with van der Waals surface area (Å²) in [5, 5.41) is 13.6. The van der Waals surface area contributed by atoms with Crippen molar-refractivity contribution >= 4 is 17.4 Å². The molecule has 2 aromatic carbocycles. The highest BCUT2D eigenvalue weighted by Gasteiger charge is 2.44. The molecule has 2 aromatic rings. The quantitative estimate of drug-likeness (QED) is 0.201. The van der Waals surface area contributed by atoms with Gasteiger partial charge < -0.3 is 24.4 Å². The number of benzene rings is 2. The summed E-state index contributed by atoms with van der Waals surface area (Å²) in [7, 11) is 0. The van der Waals surface area contributed by atoms with Crippen LogP contribution in [0.15, 0.2) is 66.8 Å². The molecule has 0 radical (unpaired) electrons. The lowest BCUT2D eigenvalue weighted by atomic mass is 9.95. The van der Waals surface area contributed by atoms with Gasteiger partial charge in [-0.25, -0.2) is 0 Å². The van der Waals surface area contributed by atoms with E-state index in [2.05, 4.69) is 20.4 Å². The van der Waals surface area contributed by atoms with E-state index >= 15 is 0 Å². The van der Waals surface area contributed by atoms with Crippen molar-refractivity contribution in [1.82, 2.24) is 4.90 Å². The number of amides is 1. The third-order valence-corrected chi connectivity index (χ3v) is 6.39. The molecule has 0 spiro atoms. The first-order valence-corrected chi connectivity index (χ1v) is 12.6. The van der Waals surface area contributed by atoms with Crippen molar-refractivity contribution in [3.8, 4) is 11.5 Å². The summed E-state index contributed by atoms with van der Waals surface area (Å²) in [5.41, 5.74) is 1.03. The molecule has 0 bridgehead atoms. The Hall–Kier alpha value is -3.58. The second kappa shape index (κ2) is 12.9. The molecule has 3 rings (SSSR count). The summed E-state index contributed by atoms with van der Waals surface area (Å²) in [5.74, 6) is -0.519. The number of nitrogens with one attached hydrogen (secondary N) is 1. The number of nitrogens with zero attached hydrogens (tertiary/aromatic N) is 1. The second-order valence-electron chi connectivity index (χ2n) is 8.72. The molecule has 1 amide bonds. The highest BCUT2D eigenvalue weighted by molar-refractivity contribution is 6.46. The van der Waals surface area contributed by atoms with Crippen molar-refractivity contribution in [1.29, 1.82) is 0 Å². The fourth-order valence-corrected chi connectivity index (χ4v) is 4.31. The molecule has 1 aliphatic heterocycles. The Labute approximate surface area is 213 Å². The second-order valence-corrected chi connectivity index (χ2v) is 8.72. The third kappa shape index (κ3) is 6.15. The van der Waals surface area contributed by atoms with Crippen molar-refractivity contribution in [2.75, 3.05) is 39.4 Å². The number of quaternary nitrogens is 1. The van der Waals surface area contributed by atoms with Crippen molar-refractivity contribution in [2.45, 2.75) is 33.2 Å². The van der Waals surface area contributed by atoms with Gasteiger partial charge in [-0.15, -0.1) is 0 Å². The van der Waals surface area contributed by atoms with Gasteiger partial charge in [0.25, 0.3) is 5.91 Å². The van der Waals surface area contributed by atoms with E-state index in [-0.39, 0.29) is 5.57 Å². The number of Topliss-reactive ketones (excluding diaryl/α,β-unsaturated/α-hetero) is 1. The maximum absolute atomic E-state index is 13.6. The molecule has 1 heterocycles. The number of hydrogen-bond acceptors (Lipinski definition) is 5. The lowest BCUT2D eigenvalue weighted by molar-refractivity contribution is -0.895. The van der Waals surface area contributed by atoms with E-state index in [4.69, 9.17) is 9.47 Å². The number of hydrogen-bond donors (Lipinski definition) is 1. The van der Waals surface area contributed by atoms with Gasteiger partial charge in [0, 0.05) is 5.57 Å². The van der Waals surface area contributed by atoms with Crippen LogP contribution in [0.2, 0.25) is 0 Å². The van der Waals surface area contributed by atoms with Crippen molar-refractivity contribution in [2.24, 2.45) is 0 Å². The Morgan fingerprint density at radius 1 is 1.00 bits per heavy atom. The molecular weight excluding hydrogens is 456 g/mol. The summed E-state index contributed by atoms with van der Waals surface area (Å²) in [6, 6.07) is 13.1. The molecule has 1 unspecified atom stereocenters. The van der Waals surface area contributed by atoms with Gasteiger partial charge in [-0.2, -0.15) is 0 Å². The van der Waals surface area contributed by atoms with Crippen LogP contribution < -0.4 is 19.5 Å². The van der Waals surface area contributed by atoms with Gasteiger partial charge in [-0.3, -0.25) is 9.59 Å². The normalized spacial score (nSPS) is 17.0. The maximum Gasteiger partial charge on any atom is 0.295 e. The van der Waals surface area contributed by atoms with Crippen molar-refractivity contribution < 1.29 is 29.1 Å². The number of ether oxygens (including phenoxy) is 2. The molecular formula is C29H36N2O5. The number of rotatable bonds is 13. The number of carbonyl (C=O) groups is 2. The molecule has 7 nitrogen and oxygen atoms in total. The minimum Gasteiger partial charge on any atom is -0.872 e. The van der Waals surface area contributed by atoms with Gasteiger partial charge in [0.05, 0.1) is 38.8 Å². The highest BCUT2D eigenvalue weighted by atomic mass is 16.5.